The molecule has 0 amide bonds. The maximum absolute atomic E-state index is 12.1. The van der Waals surface area contributed by atoms with E-state index in [0.717, 1.165) is 35.9 Å². The maximum Gasteiger partial charge on any atom is 0.258 e. The van der Waals surface area contributed by atoms with Crippen LogP contribution in [-0.2, 0) is 6.54 Å². The van der Waals surface area contributed by atoms with Crippen molar-refractivity contribution in [3.8, 4) is 0 Å². The molecule has 1 saturated heterocycles. The Morgan fingerprint density at radius 2 is 2.29 bits per heavy atom. The van der Waals surface area contributed by atoms with Crippen molar-refractivity contribution in [2.45, 2.75) is 45.2 Å². The summed E-state index contributed by atoms with van der Waals surface area (Å²) in [5.74, 6) is 1.64. The van der Waals surface area contributed by atoms with Crippen molar-refractivity contribution in [1.82, 2.24) is 24.4 Å². The minimum atomic E-state index is -0.0337. The molecule has 0 aliphatic carbocycles. The van der Waals surface area contributed by atoms with Gasteiger partial charge in [0.15, 0.2) is 10.8 Å². The van der Waals surface area contributed by atoms with E-state index in [1.807, 2.05) is 19.2 Å². The summed E-state index contributed by atoms with van der Waals surface area (Å²) >= 11 is 1.47. The number of nitrogens with zero attached hydrogens (tertiary/aromatic N) is 5. The third-order valence-corrected chi connectivity index (χ3v) is 5.09. The lowest BCUT2D eigenvalue weighted by Gasteiger charge is -2.21. The quantitative estimate of drug-likeness (QED) is 0.723. The van der Waals surface area contributed by atoms with Crippen molar-refractivity contribution < 1.29 is 4.52 Å². The van der Waals surface area contributed by atoms with E-state index < -0.39 is 0 Å². The summed E-state index contributed by atoms with van der Waals surface area (Å²) in [5, 5.41) is 6.03. The summed E-state index contributed by atoms with van der Waals surface area (Å²) in [6.07, 6.45) is 3.83. The molecule has 0 spiro atoms. The molecule has 1 aliphatic heterocycles. The molecule has 0 N–H and O–H groups in total. The second kappa shape index (κ2) is 6.10. The van der Waals surface area contributed by atoms with Gasteiger partial charge in [0.25, 0.3) is 5.56 Å². The number of hydrogen-bond donors (Lipinski definition) is 0. The van der Waals surface area contributed by atoms with Crippen LogP contribution in [0.2, 0.25) is 0 Å². The molecule has 3 aromatic heterocycles. The van der Waals surface area contributed by atoms with Crippen molar-refractivity contribution in [3.63, 3.8) is 0 Å². The van der Waals surface area contributed by atoms with Crippen molar-refractivity contribution in [3.05, 3.63) is 45.4 Å². The fraction of sp³-hybridized carbons (Fsp3) is 0.500. The molecule has 24 heavy (non-hydrogen) atoms. The lowest BCUT2D eigenvalue weighted by atomic mass is 10.2. The molecule has 1 atom stereocenters. The van der Waals surface area contributed by atoms with Gasteiger partial charge in [-0.15, -0.1) is 11.3 Å². The standard InChI is InChI=1S/C16H19N5O2S/c1-10(2)15-18-14(19-23-15)12-4-3-5-20(12)9-11-8-13(22)21-6-7-24-16(21)17-11/h6-8,10,12H,3-5,9H2,1-2H3. The smallest absolute Gasteiger partial charge is 0.258 e. The number of thiazole rings is 1. The van der Waals surface area contributed by atoms with Crippen LogP contribution in [0, 0.1) is 0 Å². The molecular weight excluding hydrogens is 326 g/mol. The molecule has 126 valence electrons. The van der Waals surface area contributed by atoms with Gasteiger partial charge in [-0.2, -0.15) is 4.98 Å². The fourth-order valence-electron chi connectivity index (χ4n) is 3.10. The van der Waals surface area contributed by atoms with Crippen molar-refractivity contribution in [2.24, 2.45) is 0 Å². The molecule has 0 aromatic carbocycles. The van der Waals surface area contributed by atoms with Crippen LogP contribution in [0.1, 0.15) is 56.1 Å². The van der Waals surface area contributed by atoms with E-state index in [2.05, 4.69) is 20.0 Å². The van der Waals surface area contributed by atoms with E-state index in [-0.39, 0.29) is 17.5 Å². The number of fused-ring (bicyclic) bond motifs is 1. The lowest BCUT2D eigenvalue weighted by Crippen LogP contribution is -2.25. The third kappa shape index (κ3) is 2.76. The summed E-state index contributed by atoms with van der Waals surface area (Å²) in [5.41, 5.74) is 0.760. The van der Waals surface area contributed by atoms with Gasteiger partial charge < -0.3 is 4.52 Å². The van der Waals surface area contributed by atoms with Gasteiger partial charge in [0, 0.05) is 30.1 Å². The number of aromatic nitrogens is 4. The minimum absolute atomic E-state index is 0.0337. The monoisotopic (exact) mass is 345 g/mol. The highest BCUT2D eigenvalue weighted by atomic mass is 32.1. The van der Waals surface area contributed by atoms with Crippen molar-refractivity contribution in [1.29, 1.82) is 0 Å². The first-order valence-electron chi connectivity index (χ1n) is 8.15. The highest BCUT2D eigenvalue weighted by Gasteiger charge is 2.30. The van der Waals surface area contributed by atoms with Crippen LogP contribution in [0.5, 0.6) is 0 Å². The van der Waals surface area contributed by atoms with Crippen LogP contribution in [0.3, 0.4) is 0 Å². The molecule has 3 aromatic rings. The Labute approximate surface area is 142 Å². The highest BCUT2D eigenvalue weighted by Crippen LogP contribution is 2.31. The van der Waals surface area contributed by atoms with Gasteiger partial charge in [-0.1, -0.05) is 19.0 Å². The van der Waals surface area contributed by atoms with Gasteiger partial charge in [0.1, 0.15) is 0 Å². The highest BCUT2D eigenvalue weighted by molar-refractivity contribution is 7.15. The lowest BCUT2D eigenvalue weighted by molar-refractivity contribution is 0.231. The van der Waals surface area contributed by atoms with Gasteiger partial charge in [0.2, 0.25) is 5.89 Å². The molecule has 1 fully saturated rings. The Morgan fingerprint density at radius 3 is 3.08 bits per heavy atom. The van der Waals surface area contributed by atoms with E-state index in [0.29, 0.717) is 12.4 Å². The SMILES string of the molecule is CC(C)c1nc(C2CCCN2Cc2cc(=O)n3ccsc3n2)no1. The van der Waals surface area contributed by atoms with Crippen LogP contribution in [-0.4, -0.2) is 31.0 Å². The van der Waals surface area contributed by atoms with Crippen LogP contribution < -0.4 is 5.56 Å². The Morgan fingerprint density at radius 1 is 1.42 bits per heavy atom. The zero-order valence-electron chi connectivity index (χ0n) is 13.7. The van der Waals surface area contributed by atoms with Crippen LogP contribution in [0.15, 0.2) is 27.0 Å². The molecule has 0 saturated carbocycles. The summed E-state index contributed by atoms with van der Waals surface area (Å²) in [7, 11) is 0. The predicted octanol–water partition coefficient (Wildman–Crippen LogP) is 2.60. The molecule has 4 rings (SSSR count). The minimum Gasteiger partial charge on any atom is -0.339 e. The van der Waals surface area contributed by atoms with Gasteiger partial charge in [-0.3, -0.25) is 14.1 Å². The largest absolute Gasteiger partial charge is 0.339 e. The zero-order valence-corrected chi connectivity index (χ0v) is 14.5. The second-order valence-corrected chi connectivity index (χ2v) is 7.29. The van der Waals surface area contributed by atoms with Crippen LogP contribution >= 0.6 is 11.3 Å². The molecule has 8 heteroatoms. The number of likely N-dealkylation sites (tertiary alicyclic amines) is 1. The maximum atomic E-state index is 12.1. The predicted molar refractivity (Wildman–Crippen MR) is 90.1 cm³/mol. The first kappa shape index (κ1) is 15.5. The van der Waals surface area contributed by atoms with E-state index in [9.17, 15) is 4.79 Å². The van der Waals surface area contributed by atoms with Crippen molar-refractivity contribution >= 4 is 16.3 Å². The van der Waals surface area contributed by atoms with E-state index in [4.69, 9.17) is 4.52 Å². The molecular formula is C16H19N5O2S. The average Bonchev–Trinajstić information content (AvgIpc) is 3.26. The summed E-state index contributed by atoms with van der Waals surface area (Å²) in [6.45, 7) is 5.65. The third-order valence-electron chi connectivity index (χ3n) is 4.33. The van der Waals surface area contributed by atoms with E-state index in [1.54, 1.807) is 16.7 Å². The summed E-state index contributed by atoms with van der Waals surface area (Å²) in [6, 6.07) is 1.75. The Hall–Kier alpha value is -2.06. The Kier molecular flexibility index (Phi) is 3.93. The first-order chi connectivity index (χ1) is 11.6. The summed E-state index contributed by atoms with van der Waals surface area (Å²) < 4.78 is 6.92. The van der Waals surface area contributed by atoms with E-state index in [1.165, 1.54) is 11.3 Å². The first-order valence-corrected chi connectivity index (χ1v) is 9.03. The normalized spacial score (nSPS) is 18.9. The average molecular weight is 345 g/mol. The zero-order chi connectivity index (χ0) is 16.7. The van der Waals surface area contributed by atoms with Crippen LogP contribution in [0.4, 0.5) is 0 Å². The van der Waals surface area contributed by atoms with Crippen molar-refractivity contribution in [2.75, 3.05) is 6.54 Å². The molecule has 1 unspecified atom stereocenters. The molecule has 0 bridgehead atoms. The topological polar surface area (TPSA) is 76.5 Å². The van der Waals surface area contributed by atoms with Gasteiger partial charge >= 0.3 is 0 Å². The van der Waals surface area contributed by atoms with E-state index >= 15 is 0 Å². The number of hydrogen-bond acceptors (Lipinski definition) is 7. The summed E-state index contributed by atoms with van der Waals surface area (Å²) in [4.78, 5) is 24.3. The van der Waals surface area contributed by atoms with Crippen LogP contribution in [0.25, 0.3) is 4.96 Å². The number of rotatable bonds is 4. The second-order valence-electron chi connectivity index (χ2n) is 6.42. The van der Waals surface area contributed by atoms with Gasteiger partial charge in [0.05, 0.1) is 11.7 Å². The molecule has 7 nitrogen and oxygen atoms in total. The Bertz CT molecular complexity index is 912. The Balaban J connectivity index is 1.58. The molecule has 4 heterocycles. The van der Waals surface area contributed by atoms with Gasteiger partial charge in [-0.25, -0.2) is 4.98 Å². The molecule has 0 radical (unpaired) electrons. The fourth-order valence-corrected chi connectivity index (χ4v) is 3.84. The van der Waals surface area contributed by atoms with Gasteiger partial charge in [-0.05, 0) is 19.4 Å². The molecule has 1 aliphatic rings.